The molecular weight excluding hydrogens is 238 g/mol. The summed E-state index contributed by atoms with van der Waals surface area (Å²) in [5.74, 6) is 0.0505. The first-order valence-electron chi connectivity index (χ1n) is 6.13. The molecule has 3 heteroatoms. The molecule has 3 rings (SSSR count). The third-order valence-corrected chi connectivity index (χ3v) is 3.27. The maximum atomic E-state index is 12.1. The first kappa shape index (κ1) is 11.7. The first-order valence-corrected chi connectivity index (χ1v) is 6.13. The normalized spacial score (nSPS) is 21.9. The molecule has 0 aromatic heterocycles. The Morgan fingerprint density at radius 2 is 1.53 bits per heavy atom. The number of rotatable bonds is 2. The maximum Gasteiger partial charge on any atom is 0.345 e. The van der Waals surface area contributed by atoms with Gasteiger partial charge < -0.3 is 4.74 Å². The first-order chi connectivity index (χ1) is 9.20. The third kappa shape index (κ3) is 1.93. The summed E-state index contributed by atoms with van der Waals surface area (Å²) in [5.41, 5.74) is 0.702. The van der Waals surface area contributed by atoms with Crippen LogP contribution in [0.15, 0.2) is 65.7 Å². The Morgan fingerprint density at radius 1 is 0.947 bits per heavy atom. The van der Waals surface area contributed by atoms with Gasteiger partial charge in [-0.3, -0.25) is 0 Å². The highest BCUT2D eigenvalue weighted by Crippen LogP contribution is 2.32. The highest BCUT2D eigenvalue weighted by Gasteiger charge is 2.43. The van der Waals surface area contributed by atoms with Crippen LogP contribution in [-0.4, -0.2) is 11.9 Å². The number of nitrogens with zero attached hydrogens (tertiary/aromatic N) is 1. The molecule has 19 heavy (non-hydrogen) atoms. The summed E-state index contributed by atoms with van der Waals surface area (Å²) >= 11 is 0. The zero-order valence-electron chi connectivity index (χ0n) is 10.5. The van der Waals surface area contributed by atoms with E-state index in [-0.39, 0.29) is 5.97 Å². The Balaban J connectivity index is 2.05. The van der Waals surface area contributed by atoms with Crippen LogP contribution in [-0.2, 0) is 15.1 Å². The molecule has 1 heterocycles. The van der Waals surface area contributed by atoms with Crippen molar-refractivity contribution < 1.29 is 9.53 Å². The van der Waals surface area contributed by atoms with Gasteiger partial charge in [-0.2, -0.15) is 0 Å². The highest BCUT2D eigenvalue weighted by molar-refractivity contribution is 6.08. The number of carbonyl (C=O) groups is 1. The summed E-state index contributed by atoms with van der Waals surface area (Å²) in [5, 5.41) is 0. The molecule has 0 N–H and O–H groups in total. The molecule has 0 fully saturated rings. The van der Waals surface area contributed by atoms with Crippen molar-refractivity contribution in [3.05, 3.63) is 71.8 Å². The summed E-state index contributed by atoms with van der Waals surface area (Å²) in [6.07, 6.45) is 0. The van der Waals surface area contributed by atoms with Crippen LogP contribution in [0.1, 0.15) is 18.1 Å². The fourth-order valence-electron chi connectivity index (χ4n) is 2.11. The molecule has 0 spiro atoms. The predicted molar refractivity (Wildman–Crippen MR) is 72.9 cm³/mol. The van der Waals surface area contributed by atoms with Gasteiger partial charge in [0, 0.05) is 5.56 Å². The molecule has 1 aliphatic rings. The molecule has 2 aromatic rings. The Kier molecular flexibility index (Phi) is 2.67. The molecule has 0 radical (unpaired) electrons. The second-order valence-corrected chi connectivity index (χ2v) is 4.61. The molecule has 0 unspecified atom stereocenters. The molecule has 1 atom stereocenters. The molecule has 0 aliphatic carbocycles. The number of hydrogen-bond donors (Lipinski definition) is 0. The number of aliphatic imine (C=N–C) groups is 1. The fourth-order valence-corrected chi connectivity index (χ4v) is 2.11. The minimum atomic E-state index is -0.952. The summed E-state index contributed by atoms with van der Waals surface area (Å²) in [7, 11) is 0. The molecule has 0 bridgehead atoms. The van der Waals surface area contributed by atoms with Gasteiger partial charge in [-0.15, -0.1) is 0 Å². The van der Waals surface area contributed by atoms with Crippen molar-refractivity contribution in [1.82, 2.24) is 0 Å². The van der Waals surface area contributed by atoms with E-state index in [0.29, 0.717) is 5.90 Å². The van der Waals surface area contributed by atoms with E-state index in [4.69, 9.17) is 4.74 Å². The van der Waals surface area contributed by atoms with Gasteiger partial charge in [0.25, 0.3) is 0 Å². The zero-order chi connectivity index (χ0) is 13.3. The van der Waals surface area contributed by atoms with Gasteiger partial charge in [-0.1, -0.05) is 48.5 Å². The number of ether oxygens (including phenoxy) is 1. The fraction of sp³-hybridized carbons (Fsp3) is 0.125. The zero-order valence-corrected chi connectivity index (χ0v) is 10.5. The maximum absolute atomic E-state index is 12.1. The van der Waals surface area contributed by atoms with E-state index >= 15 is 0 Å². The van der Waals surface area contributed by atoms with E-state index in [1.807, 2.05) is 60.7 Å². The lowest BCUT2D eigenvalue weighted by molar-refractivity contribution is -0.138. The van der Waals surface area contributed by atoms with Gasteiger partial charge in [0.1, 0.15) is 0 Å². The lowest BCUT2D eigenvalue weighted by Gasteiger charge is -2.15. The Hall–Kier alpha value is -2.42. The molecule has 0 saturated heterocycles. The van der Waals surface area contributed by atoms with Crippen molar-refractivity contribution in [1.29, 1.82) is 0 Å². The van der Waals surface area contributed by atoms with Crippen molar-refractivity contribution >= 4 is 11.9 Å². The Labute approximate surface area is 111 Å². The minimum Gasteiger partial charge on any atom is -0.405 e. The van der Waals surface area contributed by atoms with Crippen LogP contribution in [0.4, 0.5) is 0 Å². The smallest absolute Gasteiger partial charge is 0.345 e. The third-order valence-electron chi connectivity index (χ3n) is 3.27. The molecule has 1 aliphatic heterocycles. The van der Waals surface area contributed by atoms with Crippen LogP contribution in [0, 0.1) is 0 Å². The van der Waals surface area contributed by atoms with Crippen LogP contribution in [0.2, 0.25) is 0 Å². The van der Waals surface area contributed by atoms with Gasteiger partial charge in [0.05, 0.1) is 0 Å². The standard InChI is InChI=1S/C16H13NO2/c1-16(13-10-6-3-7-11-13)15(18)19-14(17-16)12-8-4-2-5-9-12/h2-11H,1H3/t16-/m0/s1. The van der Waals surface area contributed by atoms with Gasteiger partial charge in [-0.25, -0.2) is 9.79 Å². The average molecular weight is 251 g/mol. The SMILES string of the molecule is C[C@@]1(c2ccccc2)N=C(c2ccccc2)OC1=O. The summed E-state index contributed by atoms with van der Waals surface area (Å²) < 4.78 is 5.33. The van der Waals surface area contributed by atoms with E-state index in [2.05, 4.69) is 4.99 Å². The van der Waals surface area contributed by atoms with Crippen LogP contribution in [0.5, 0.6) is 0 Å². The largest absolute Gasteiger partial charge is 0.405 e. The summed E-state index contributed by atoms with van der Waals surface area (Å²) in [4.78, 5) is 16.6. The Morgan fingerprint density at radius 3 is 2.16 bits per heavy atom. The lowest BCUT2D eigenvalue weighted by Crippen LogP contribution is -2.27. The van der Waals surface area contributed by atoms with Crippen LogP contribution in [0.3, 0.4) is 0 Å². The number of esters is 1. The lowest BCUT2D eigenvalue weighted by atomic mass is 9.93. The highest BCUT2D eigenvalue weighted by atomic mass is 16.6. The predicted octanol–water partition coefficient (Wildman–Crippen LogP) is 2.91. The van der Waals surface area contributed by atoms with Gasteiger partial charge >= 0.3 is 5.97 Å². The summed E-state index contributed by atoms with van der Waals surface area (Å²) in [6.45, 7) is 1.78. The van der Waals surface area contributed by atoms with E-state index in [0.717, 1.165) is 11.1 Å². The molecule has 3 nitrogen and oxygen atoms in total. The van der Waals surface area contributed by atoms with Crippen LogP contribution in [0.25, 0.3) is 0 Å². The quantitative estimate of drug-likeness (QED) is 0.770. The van der Waals surface area contributed by atoms with E-state index < -0.39 is 5.54 Å². The average Bonchev–Trinajstić information content (AvgIpc) is 2.78. The van der Waals surface area contributed by atoms with E-state index in [9.17, 15) is 4.79 Å². The molecule has 0 saturated carbocycles. The van der Waals surface area contributed by atoms with Crippen molar-refractivity contribution in [2.75, 3.05) is 0 Å². The van der Waals surface area contributed by atoms with Crippen LogP contribution >= 0.6 is 0 Å². The number of benzene rings is 2. The van der Waals surface area contributed by atoms with E-state index in [1.54, 1.807) is 6.92 Å². The number of carbonyl (C=O) groups excluding carboxylic acids is 1. The van der Waals surface area contributed by atoms with E-state index in [1.165, 1.54) is 0 Å². The molecule has 0 amide bonds. The van der Waals surface area contributed by atoms with Crippen molar-refractivity contribution in [3.8, 4) is 0 Å². The van der Waals surface area contributed by atoms with Gasteiger partial charge in [0.15, 0.2) is 5.54 Å². The number of cyclic esters (lactones) is 1. The van der Waals surface area contributed by atoms with Crippen molar-refractivity contribution in [3.63, 3.8) is 0 Å². The second kappa shape index (κ2) is 4.35. The Bertz CT molecular complexity index is 634. The number of hydrogen-bond acceptors (Lipinski definition) is 3. The monoisotopic (exact) mass is 251 g/mol. The van der Waals surface area contributed by atoms with Gasteiger partial charge in [-0.05, 0) is 24.6 Å². The van der Waals surface area contributed by atoms with Crippen molar-refractivity contribution in [2.24, 2.45) is 4.99 Å². The molecular formula is C16H13NO2. The minimum absolute atomic E-state index is 0.336. The van der Waals surface area contributed by atoms with Crippen LogP contribution < -0.4 is 0 Å². The molecule has 94 valence electrons. The van der Waals surface area contributed by atoms with Crippen molar-refractivity contribution in [2.45, 2.75) is 12.5 Å². The topological polar surface area (TPSA) is 38.7 Å². The second-order valence-electron chi connectivity index (χ2n) is 4.61. The molecule has 2 aromatic carbocycles. The summed E-state index contributed by atoms with van der Waals surface area (Å²) in [6, 6.07) is 18.9. The van der Waals surface area contributed by atoms with Gasteiger partial charge in [0.2, 0.25) is 5.90 Å².